The van der Waals surface area contributed by atoms with E-state index in [1.54, 1.807) is 18.5 Å². The van der Waals surface area contributed by atoms with Crippen LogP contribution in [0.5, 0.6) is 0 Å². The summed E-state index contributed by atoms with van der Waals surface area (Å²) in [5.41, 5.74) is 2.10. The molecule has 2 amide bonds. The van der Waals surface area contributed by atoms with Crippen LogP contribution in [0.3, 0.4) is 0 Å². The molecule has 0 radical (unpaired) electrons. The first-order valence-electron chi connectivity index (χ1n) is 10.9. The Balaban J connectivity index is 1.53. The van der Waals surface area contributed by atoms with Crippen LogP contribution in [-0.4, -0.2) is 52.1 Å². The van der Waals surface area contributed by atoms with Gasteiger partial charge >= 0.3 is 0 Å². The van der Waals surface area contributed by atoms with Crippen molar-refractivity contribution in [3.05, 3.63) is 35.0 Å². The van der Waals surface area contributed by atoms with Gasteiger partial charge in [-0.2, -0.15) is 0 Å². The molecule has 3 N–H and O–H groups in total. The number of hydrogen-bond acceptors (Lipinski definition) is 6. The summed E-state index contributed by atoms with van der Waals surface area (Å²) in [5, 5.41) is 6.12. The van der Waals surface area contributed by atoms with E-state index >= 15 is 0 Å². The number of nitrogens with one attached hydrogen (secondary N) is 3. The van der Waals surface area contributed by atoms with Crippen LogP contribution < -0.4 is 10.6 Å². The highest BCUT2D eigenvalue weighted by atomic mass is 32.1. The van der Waals surface area contributed by atoms with Crippen molar-refractivity contribution in [3.8, 4) is 10.6 Å². The van der Waals surface area contributed by atoms with Crippen LogP contribution in [0.25, 0.3) is 21.7 Å². The standard InChI is InChI=1S/C23H29N5O3S/c1-13(23(2,3)4)26-21(29)15-11-24-20-19(15)28-16(12-25-20)17-5-6-18(32-17)22(30)27-14-7-9-31-10-8-14/h5-6,11-14H,7-10H2,1-4H3,(H,24,25)(H,26,29)(H,27,30). The largest absolute Gasteiger partial charge is 0.381 e. The van der Waals surface area contributed by atoms with Gasteiger partial charge < -0.3 is 20.4 Å². The van der Waals surface area contributed by atoms with Gasteiger partial charge in [-0.1, -0.05) is 20.8 Å². The molecular weight excluding hydrogens is 426 g/mol. The van der Waals surface area contributed by atoms with E-state index in [0.29, 0.717) is 40.5 Å². The number of nitrogens with zero attached hydrogens (tertiary/aromatic N) is 2. The first kappa shape index (κ1) is 22.4. The Morgan fingerprint density at radius 1 is 1.22 bits per heavy atom. The molecular formula is C23H29N5O3S. The van der Waals surface area contributed by atoms with Gasteiger partial charge in [0.05, 0.1) is 27.2 Å². The van der Waals surface area contributed by atoms with Crippen molar-refractivity contribution < 1.29 is 14.3 Å². The van der Waals surface area contributed by atoms with Crippen molar-refractivity contribution >= 4 is 34.3 Å². The van der Waals surface area contributed by atoms with E-state index in [0.717, 1.165) is 17.7 Å². The molecule has 0 aromatic carbocycles. The average molecular weight is 456 g/mol. The summed E-state index contributed by atoms with van der Waals surface area (Å²) >= 11 is 1.37. The van der Waals surface area contributed by atoms with Crippen LogP contribution >= 0.6 is 11.3 Å². The second-order valence-electron chi connectivity index (χ2n) is 9.24. The van der Waals surface area contributed by atoms with Crippen LogP contribution in [-0.2, 0) is 4.74 Å². The van der Waals surface area contributed by atoms with E-state index in [4.69, 9.17) is 9.72 Å². The number of ether oxygens (including phenoxy) is 1. The Bertz CT molecular complexity index is 1120. The van der Waals surface area contributed by atoms with Gasteiger partial charge in [0, 0.05) is 31.5 Å². The first-order chi connectivity index (χ1) is 15.2. The van der Waals surface area contributed by atoms with Gasteiger partial charge in [-0.05, 0) is 37.3 Å². The molecule has 8 nitrogen and oxygen atoms in total. The summed E-state index contributed by atoms with van der Waals surface area (Å²) in [6.07, 6.45) is 4.96. The van der Waals surface area contributed by atoms with Gasteiger partial charge in [0.15, 0.2) is 5.65 Å². The second-order valence-corrected chi connectivity index (χ2v) is 10.3. The molecule has 0 bridgehead atoms. The summed E-state index contributed by atoms with van der Waals surface area (Å²) in [6.45, 7) is 9.59. The molecule has 1 aliphatic heterocycles. The number of fused-ring (bicyclic) bond motifs is 1. The minimum Gasteiger partial charge on any atom is -0.381 e. The lowest BCUT2D eigenvalue weighted by Crippen LogP contribution is -2.41. The number of aromatic amines is 1. The van der Waals surface area contributed by atoms with Crippen LogP contribution in [0.1, 0.15) is 60.6 Å². The fraction of sp³-hybridized carbons (Fsp3) is 0.478. The normalized spacial score (nSPS) is 16.1. The van der Waals surface area contributed by atoms with Gasteiger partial charge in [0.1, 0.15) is 5.52 Å². The van der Waals surface area contributed by atoms with Crippen LogP contribution in [0.2, 0.25) is 0 Å². The smallest absolute Gasteiger partial charge is 0.261 e. The van der Waals surface area contributed by atoms with Gasteiger partial charge in [0.2, 0.25) is 0 Å². The van der Waals surface area contributed by atoms with Crippen molar-refractivity contribution in [1.29, 1.82) is 0 Å². The summed E-state index contributed by atoms with van der Waals surface area (Å²) in [4.78, 5) is 39.1. The SMILES string of the molecule is CC(NC(=O)c1c[nH]c2ncc(-c3ccc(C(=O)NC4CCOCC4)s3)nc12)C(C)(C)C. The molecule has 4 heterocycles. The minimum atomic E-state index is -0.187. The van der Waals surface area contributed by atoms with E-state index < -0.39 is 0 Å². The van der Waals surface area contributed by atoms with Gasteiger partial charge in [-0.3, -0.25) is 9.59 Å². The Morgan fingerprint density at radius 2 is 1.97 bits per heavy atom. The van der Waals surface area contributed by atoms with Gasteiger partial charge in [0.25, 0.3) is 11.8 Å². The molecule has 3 aromatic heterocycles. The Morgan fingerprint density at radius 3 is 2.69 bits per heavy atom. The lowest BCUT2D eigenvalue weighted by atomic mass is 9.88. The van der Waals surface area contributed by atoms with E-state index in [2.05, 4.69) is 41.4 Å². The zero-order valence-electron chi connectivity index (χ0n) is 18.8. The highest BCUT2D eigenvalue weighted by molar-refractivity contribution is 7.17. The van der Waals surface area contributed by atoms with Crippen molar-refractivity contribution in [3.63, 3.8) is 0 Å². The highest BCUT2D eigenvalue weighted by Crippen LogP contribution is 2.28. The summed E-state index contributed by atoms with van der Waals surface area (Å²) in [7, 11) is 0. The number of carbonyl (C=O) groups excluding carboxylic acids is 2. The highest BCUT2D eigenvalue weighted by Gasteiger charge is 2.24. The number of aromatic nitrogens is 3. The molecule has 1 fully saturated rings. The summed E-state index contributed by atoms with van der Waals surface area (Å²) in [6, 6.07) is 3.81. The molecule has 4 rings (SSSR count). The molecule has 170 valence electrons. The summed E-state index contributed by atoms with van der Waals surface area (Å²) in [5.74, 6) is -0.270. The molecule has 0 aliphatic carbocycles. The molecule has 0 spiro atoms. The predicted molar refractivity (Wildman–Crippen MR) is 125 cm³/mol. The van der Waals surface area contributed by atoms with Crippen LogP contribution in [0.4, 0.5) is 0 Å². The molecule has 1 unspecified atom stereocenters. The molecule has 1 atom stereocenters. The lowest BCUT2D eigenvalue weighted by molar-refractivity contribution is 0.0698. The van der Waals surface area contributed by atoms with E-state index in [9.17, 15) is 9.59 Å². The molecule has 1 saturated heterocycles. The number of thiophene rings is 1. The van der Waals surface area contributed by atoms with E-state index in [1.165, 1.54) is 11.3 Å². The summed E-state index contributed by atoms with van der Waals surface area (Å²) < 4.78 is 5.35. The number of hydrogen-bond donors (Lipinski definition) is 3. The van der Waals surface area contributed by atoms with Crippen LogP contribution in [0.15, 0.2) is 24.5 Å². The third-order valence-corrected chi connectivity index (χ3v) is 7.02. The van der Waals surface area contributed by atoms with E-state index in [-0.39, 0.29) is 29.3 Å². The molecule has 9 heteroatoms. The van der Waals surface area contributed by atoms with Crippen molar-refractivity contribution in [1.82, 2.24) is 25.6 Å². The second kappa shape index (κ2) is 8.99. The monoisotopic (exact) mass is 455 g/mol. The van der Waals surface area contributed by atoms with Crippen molar-refractivity contribution in [2.45, 2.75) is 52.6 Å². The number of amides is 2. The zero-order valence-corrected chi connectivity index (χ0v) is 19.6. The molecule has 32 heavy (non-hydrogen) atoms. The molecule has 1 aliphatic rings. The minimum absolute atomic E-state index is 0.00909. The quantitative estimate of drug-likeness (QED) is 0.543. The predicted octanol–water partition coefficient (Wildman–Crippen LogP) is 3.76. The maximum Gasteiger partial charge on any atom is 0.261 e. The van der Waals surface area contributed by atoms with Crippen molar-refractivity contribution in [2.75, 3.05) is 13.2 Å². The van der Waals surface area contributed by atoms with Gasteiger partial charge in [-0.15, -0.1) is 11.3 Å². The Hall–Kier alpha value is -2.78. The average Bonchev–Trinajstić information content (AvgIpc) is 3.41. The maximum atomic E-state index is 12.8. The third-order valence-electron chi connectivity index (χ3n) is 5.91. The lowest BCUT2D eigenvalue weighted by Gasteiger charge is -2.27. The fourth-order valence-corrected chi connectivity index (χ4v) is 4.23. The van der Waals surface area contributed by atoms with Crippen molar-refractivity contribution in [2.24, 2.45) is 5.41 Å². The third kappa shape index (κ3) is 4.83. The zero-order chi connectivity index (χ0) is 22.9. The number of H-pyrrole nitrogens is 1. The van der Waals surface area contributed by atoms with Crippen LogP contribution in [0, 0.1) is 5.41 Å². The topological polar surface area (TPSA) is 109 Å². The van der Waals surface area contributed by atoms with Gasteiger partial charge in [-0.25, -0.2) is 9.97 Å². The number of carbonyl (C=O) groups is 2. The number of rotatable bonds is 5. The molecule has 3 aromatic rings. The first-order valence-corrected chi connectivity index (χ1v) is 11.7. The van der Waals surface area contributed by atoms with E-state index in [1.807, 2.05) is 13.0 Å². The fourth-order valence-electron chi connectivity index (χ4n) is 3.37. The molecule has 0 saturated carbocycles. The Kier molecular flexibility index (Phi) is 6.30. The maximum absolute atomic E-state index is 12.8. The Labute approximate surface area is 191 Å².